The molecular weight excluding hydrogens is 404 g/mol. The molecule has 0 aliphatic heterocycles. The summed E-state index contributed by atoms with van der Waals surface area (Å²) in [6.45, 7) is 7.32. The van der Waals surface area contributed by atoms with Crippen LogP contribution in [0.3, 0.4) is 0 Å². The second-order valence-electron chi connectivity index (χ2n) is 7.67. The number of benzene rings is 3. The van der Waals surface area contributed by atoms with Crippen molar-refractivity contribution in [3.63, 3.8) is 0 Å². The number of anilines is 2. The summed E-state index contributed by atoms with van der Waals surface area (Å²) in [5.74, 6) is 0.580. The lowest BCUT2D eigenvalue weighted by Gasteiger charge is -2.18. The van der Waals surface area contributed by atoms with E-state index in [1.807, 2.05) is 62.4 Å². The van der Waals surface area contributed by atoms with Gasteiger partial charge in [0, 0.05) is 0 Å². The summed E-state index contributed by atoms with van der Waals surface area (Å²) in [5.41, 5.74) is 3.18. The maximum atomic E-state index is 12.7. The fraction of sp³-hybridized carbons (Fsp3) is 0.231. The summed E-state index contributed by atoms with van der Waals surface area (Å²) in [5, 5.41) is 5.65. The summed E-state index contributed by atoms with van der Waals surface area (Å²) in [6, 6.07) is 22.0. The number of rotatable bonds is 8. The van der Waals surface area contributed by atoms with Crippen LogP contribution in [-0.2, 0) is 9.59 Å². The van der Waals surface area contributed by atoms with Crippen molar-refractivity contribution in [2.75, 3.05) is 10.6 Å². The average molecular weight is 433 g/mol. The van der Waals surface area contributed by atoms with Crippen LogP contribution in [-0.4, -0.2) is 24.0 Å². The molecule has 32 heavy (non-hydrogen) atoms. The number of carbonyl (C=O) groups excluding carboxylic acids is 2. The van der Waals surface area contributed by atoms with Crippen molar-refractivity contribution in [2.24, 2.45) is 0 Å². The van der Waals surface area contributed by atoms with Crippen molar-refractivity contribution in [3.05, 3.63) is 83.9 Å². The second-order valence-corrected chi connectivity index (χ2v) is 7.67. The summed E-state index contributed by atoms with van der Waals surface area (Å²) in [6.07, 6.45) is -1.43. The number of para-hydroxylation sites is 2. The van der Waals surface area contributed by atoms with E-state index in [0.717, 1.165) is 11.1 Å². The van der Waals surface area contributed by atoms with Crippen molar-refractivity contribution < 1.29 is 19.1 Å². The molecule has 0 aliphatic rings. The average Bonchev–Trinajstić information content (AvgIpc) is 2.78. The van der Waals surface area contributed by atoms with Crippen molar-refractivity contribution in [3.8, 4) is 11.5 Å². The Morgan fingerprint density at radius 3 is 1.31 bits per heavy atom. The fourth-order valence-corrected chi connectivity index (χ4v) is 2.92. The number of hydrogen-bond acceptors (Lipinski definition) is 4. The predicted molar refractivity (Wildman–Crippen MR) is 126 cm³/mol. The van der Waals surface area contributed by atoms with Crippen LogP contribution in [0.4, 0.5) is 11.4 Å². The lowest BCUT2D eigenvalue weighted by molar-refractivity contribution is -0.122. The van der Waals surface area contributed by atoms with Crippen molar-refractivity contribution >= 4 is 23.2 Å². The van der Waals surface area contributed by atoms with E-state index in [2.05, 4.69) is 10.6 Å². The second kappa shape index (κ2) is 10.5. The van der Waals surface area contributed by atoms with E-state index in [-0.39, 0.29) is 11.8 Å². The van der Waals surface area contributed by atoms with Crippen LogP contribution in [0.15, 0.2) is 72.8 Å². The molecule has 3 aromatic carbocycles. The molecule has 166 valence electrons. The Labute approximate surface area is 188 Å². The monoisotopic (exact) mass is 432 g/mol. The maximum absolute atomic E-state index is 12.7. The number of nitrogens with one attached hydrogen (secondary N) is 2. The largest absolute Gasteiger partial charge is 0.481 e. The highest BCUT2D eigenvalue weighted by Crippen LogP contribution is 2.23. The number of amides is 2. The first-order valence-electron chi connectivity index (χ1n) is 10.5. The third-order valence-electron chi connectivity index (χ3n) is 4.85. The van der Waals surface area contributed by atoms with Gasteiger partial charge in [-0.05, 0) is 64.1 Å². The molecule has 0 aliphatic carbocycles. The summed E-state index contributed by atoms with van der Waals surface area (Å²) < 4.78 is 11.4. The Hall–Kier alpha value is -3.80. The van der Waals surface area contributed by atoms with Crippen molar-refractivity contribution in [1.29, 1.82) is 0 Å². The van der Waals surface area contributed by atoms with Crippen LogP contribution in [0, 0.1) is 13.8 Å². The van der Waals surface area contributed by atoms with Gasteiger partial charge in [-0.25, -0.2) is 0 Å². The van der Waals surface area contributed by atoms with Gasteiger partial charge in [0.1, 0.15) is 11.5 Å². The van der Waals surface area contributed by atoms with Crippen LogP contribution in [0.25, 0.3) is 0 Å². The molecule has 6 heteroatoms. The van der Waals surface area contributed by atoms with Gasteiger partial charge >= 0.3 is 0 Å². The van der Waals surface area contributed by atoms with Gasteiger partial charge in [0.05, 0.1) is 11.4 Å². The third kappa shape index (κ3) is 6.35. The molecule has 3 rings (SSSR count). The maximum Gasteiger partial charge on any atom is 0.265 e. The minimum absolute atomic E-state index is 0.323. The van der Waals surface area contributed by atoms with E-state index in [9.17, 15) is 9.59 Å². The van der Waals surface area contributed by atoms with Crippen molar-refractivity contribution in [2.45, 2.75) is 39.9 Å². The van der Waals surface area contributed by atoms with Crippen LogP contribution < -0.4 is 20.1 Å². The van der Waals surface area contributed by atoms with E-state index in [0.29, 0.717) is 22.9 Å². The first kappa shape index (κ1) is 22.9. The molecule has 2 atom stereocenters. The first-order chi connectivity index (χ1) is 15.3. The van der Waals surface area contributed by atoms with Gasteiger partial charge in [-0.15, -0.1) is 0 Å². The van der Waals surface area contributed by atoms with Crippen molar-refractivity contribution in [1.82, 2.24) is 0 Å². The van der Waals surface area contributed by atoms with Gasteiger partial charge in [0.15, 0.2) is 12.2 Å². The van der Waals surface area contributed by atoms with Crippen LogP contribution in [0.5, 0.6) is 11.5 Å². The number of carbonyl (C=O) groups is 2. The highest BCUT2D eigenvalue weighted by molar-refractivity contribution is 6.02. The minimum Gasteiger partial charge on any atom is -0.481 e. The Morgan fingerprint density at radius 2 is 0.969 bits per heavy atom. The number of aryl methyl sites for hydroxylation is 2. The van der Waals surface area contributed by atoms with Gasteiger partial charge in [-0.1, -0.05) is 47.5 Å². The standard InChI is InChI=1S/C26H28N2O4/c1-17-9-13-21(14-10-17)31-19(3)25(29)27-23-7-5-6-8-24(23)28-26(30)20(4)32-22-15-11-18(2)12-16-22/h5-16,19-20H,1-4H3,(H,27,29)(H,28,30)/t19-,20-/m0/s1. The molecule has 0 unspecified atom stereocenters. The van der Waals surface area contributed by atoms with E-state index < -0.39 is 12.2 Å². The Morgan fingerprint density at radius 1 is 0.625 bits per heavy atom. The van der Waals surface area contributed by atoms with Gasteiger partial charge in [0.2, 0.25) is 0 Å². The van der Waals surface area contributed by atoms with Crippen LogP contribution in [0.2, 0.25) is 0 Å². The predicted octanol–water partition coefficient (Wildman–Crippen LogP) is 5.12. The molecule has 0 heterocycles. The molecule has 0 spiro atoms. The lowest BCUT2D eigenvalue weighted by atomic mass is 10.2. The first-order valence-corrected chi connectivity index (χ1v) is 10.5. The van der Waals surface area contributed by atoms with E-state index in [1.165, 1.54) is 0 Å². The van der Waals surface area contributed by atoms with Crippen LogP contribution >= 0.6 is 0 Å². The summed E-state index contributed by atoms with van der Waals surface area (Å²) in [4.78, 5) is 25.3. The molecule has 2 amide bonds. The van der Waals surface area contributed by atoms with E-state index >= 15 is 0 Å². The molecule has 0 saturated heterocycles. The molecule has 0 bridgehead atoms. The third-order valence-corrected chi connectivity index (χ3v) is 4.85. The quantitative estimate of drug-likeness (QED) is 0.518. The Balaban J connectivity index is 1.61. The zero-order chi connectivity index (χ0) is 23.1. The molecular formula is C26H28N2O4. The minimum atomic E-state index is -0.717. The molecule has 0 aromatic heterocycles. The Bertz CT molecular complexity index is 975. The molecule has 0 saturated carbocycles. The smallest absolute Gasteiger partial charge is 0.265 e. The highest BCUT2D eigenvalue weighted by atomic mass is 16.5. The SMILES string of the molecule is Cc1ccc(O[C@@H](C)C(=O)Nc2ccccc2NC(=O)[C@H](C)Oc2ccc(C)cc2)cc1. The molecule has 6 nitrogen and oxygen atoms in total. The zero-order valence-electron chi connectivity index (χ0n) is 18.7. The highest BCUT2D eigenvalue weighted by Gasteiger charge is 2.19. The van der Waals surface area contributed by atoms with Crippen LogP contribution in [0.1, 0.15) is 25.0 Å². The van der Waals surface area contributed by atoms with Gasteiger partial charge in [-0.2, -0.15) is 0 Å². The molecule has 3 aromatic rings. The van der Waals surface area contributed by atoms with E-state index in [1.54, 1.807) is 38.1 Å². The lowest BCUT2D eigenvalue weighted by Crippen LogP contribution is -2.32. The molecule has 0 radical (unpaired) electrons. The summed E-state index contributed by atoms with van der Waals surface area (Å²) >= 11 is 0. The van der Waals surface area contributed by atoms with E-state index in [4.69, 9.17) is 9.47 Å². The molecule has 2 N–H and O–H groups in total. The molecule has 0 fully saturated rings. The Kier molecular flexibility index (Phi) is 7.49. The zero-order valence-corrected chi connectivity index (χ0v) is 18.7. The van der Waals surface area contributed by atoms with Gasteiger partial charge < -0.3 is 20.1 Å². The topological polar surface area (TPSA) is 76.7 Å². The normalized spacial score (nSPS) is 12.4. The van der Waals surface area contributed by atoms with Gasteiger partial charge in [0.25, 0.3) is 11.8 Å². The number of hydrogen-bond donors (Lipinski definition) is 2. The fourth-order valence-electron chi connectivity index (χ4n) is 2.92. The number of ether oxygens (including phenoxy) is 2. The summed E-state index contributed by atoms with van der Waals surface area (Å²) in [7, 11) is 0. The van der Waals surface area contributed by atoms with Gasteiger partial charge in [-0.3, -0.25) is 9.59 Å².